The molecule has 0 saturated heterocycles. The fourth-order valence-corrected chi connectivity index (χ4v) is 4.06. The molecule has 0 spiro atoms. The molecule has 0 saturated carbocycles. The molecule has 0 radical (unpaired) electrons. The average molecular weight is 302 g/mol. The van der Waals surface area contributed by atoms with Gasteiger partial charge in [-0.3, -0.25) is 0 Å². The quantitative estimate of drug-likeness (QED) is 0.851. The van der Waals surface area contributed by atoms with Crippen molar-refractivity contribution in [1.82, 2.24) is 0 Å². The van der Waals surface area contributed by atoms with Gasteiger partial charge in [-0.15, -0.1) is 0 Å². The molecule has 0 unspecified atom stereocenters. The molecule has 0 atom stereocenters. The number of benzene rings is 2. The van der Waals surface area contributed by atoms with Crippen LogP contribution in [0, 0.1) is 34.6 Å². The van der Waals surface area contributed by atoms with Crippen LogP contribution in [0.3, 0.4) is 0 Å². The van der Waals surface area contributed by atoms with Crippen LogP contribution in [0.1, 0.15) is 33.4 Å². The molecule has 0 bridgehead atoms. The molecule has 0 aliphatic rings. The second-order valence-corrected chi connectivity index (χ2v) is 7.80. The number of rotatable bonds is 3. The third-order valence-corrected chi connectivity index (χ3v) is 5.89. The van der Waals surface area contributed by atoms with Gasteiger partial charge in [-0.25, -0.2) is 8.42 Å². The zero-order chi connectivity index (χ0) is 15.8. The standard InChI is InChI=1S/C18H22O2S/c1-12-6-8-17(9-7-12)21(19,20)11-18-15(4)13(2)10-14(3)16(18)5/h6-10H,11H2,1-5H3. The molecule has 21 heavy (non-hydrogen) atoms. The molecule has 0 heterocycles. The van der Waals surface area contributed by atoms with Crippen molar-refractivity contribution in [2.24, 2.45) is 0 Å². The summed E-state index contributed by atoms with van der Waals surface area (Å²) in [6.07, 6.45) is 0. The van der Waals surface area contributed by atoms with Crippen LogP contribution in [0.4, 0.5) is 0 Å². The summed E-state index contributed by atoms with van der Waals surface area (Å²) in [5.41, 5.74) is 6.45. The first kappa shape index (κ1) is 15.8. The van der Waals surface area contributed by atoms with Crippen LogP contribution in [0.15, 0.2) is 35.2 Å². The number of aryl methyl sites for hydroxylation is 3. The van der Waals surface area contributed by atoms with Crippen molar-refractivity contribution in [2.75, 3.05) is 0 Å². The molecule has 0 aliphatic heterocycles. The molecular formula is C18H22O2S. The fraction of sp³-hybridized carbons (Fsp3) is 0.333. The topological polar surface area (TPSA) is 34.1 Å². The molecule has 0 N–H and O–H groups in total. The second kappa shape index (κ2) is 5.64. The van der Waals surface area contributed by atoms with Crippen LogP contribution >= 0.6 is 0 Å². The van der Waals surface area contributed by atoms with E-state index in [-0.39, 0.29) is 5.75 Å². The highest BCUT2D eigenvalue weighted by Crippen LogP contribution is 2.26. The molecule has 112 valence electrons. The summed E-state index contributed by atoms with van der Waals surface area (Å²) in [5.74, 6) is 0.0657. The Morgan fingerprint density at radius 2 is 1.29 bits per heavy atom. The van der Waals surface area contributed by atoms with Gasteiger partial charge in [-0.2, -0.15) is 0 Å². The van der Waals surface area contributed by atoms with Crippen LogP contribution in [0.25, 0.3) is 0 Å². The van der Waals surface area contributed by atoms with Gasteiger partial charge in [0.1, 0.15) is 0 Å². The van der Waals surface area contributed by atoms with Crippen LogP contribution in [-0.2, 0) is 15.6 Å². The minimum absolute atomic E-state index is 0.0657. The first-order valence-corrected chi connectivity index (χ1v) is 8.73. The molecular weight excluding hydrogens is 280 g/mol. The van der Waals surface area contributed by atoms with E-state index in [0.717, 1.165) is 33.4 Å². The van der Waals surface area contributed by atoms with Crippen molar-refractivity contribution >= 4 is 9.84 Å². The lowest BCUT2D eigenvalue weighted by Crippen LogP contribution is -2.09. The number of hydrogen-bond acceptors (Lipinski definition) is 2. The van der Waals surface area contributed by atoms with Crippen molar-refractivity contribution in [1.29, 1.82) is 0 Å². The summed E-state index contributed by atoms with van der Waals surface area (Å²) in [7, 11) is -3.31. The van der Waals surface area contributed by atoms with E-state index in [9.17, 15) is 8.42 Å². The molecule has 3 heteroatoms. The Labute approximate surface area is 127 Å². The summed E-state index contributed by atoms with van der Waals surface area (Å²) in [4.78, 5) is 0.394. The Hall–Kier alpha value is -1.61. The van der Waals surface area contributed by atoms with Gasteiger partial charge in [0, 0.05) is 0 Å². The maximum absolute atomic E-state index is 12.6. The number of hydrogen-bond donors (Lipinski definition) is 0. The SMILES string of the molecule is Cc1ccc(S(=O)(=O)Cc2c(C)c(C)cc(C)c2C)cc1. The van der Waals surface area contributed by atoms with E-state index in [0.29, 0.717) is 4.90 Å². The third kappa shape index (κ3) is 3.18. The zero-order valence-corrected chi connectivity index (χ0v) is 14.1. The molecule has 2 nitrogen and oxygen atoms in total. The van der Waals surface area contributed by atoms with Gasteiger partial charge in [0.25, 0.3) is 0 Å². The lowest BCUT2D eigenvalue weighted by molar-refractivity contribution is 0.595. The third-order valence-electron chi connectivity index (χ3n) is 4.24. The predicted octanol–water partition coefficient (Wildman–Crippen LogP) is 4.20. The minimum atomic E-state index is -3.31. The van der Waals surface area contributed by atoms with Crippen molar-refractivity contribution < 1.29 is 8.42 Å². The summed E-state index contributed by atoms with van der Waals surface area (Å²) in [5, 5.41) is 0. The van der Waals surface area contributed by atoms with Crippen molar-refractivity contribution in [3.05, 3.63) is 63.7 Å². The molecule has 0 aromatic heterocycles. The Balaban J connectivity index is 2.49. The van der Waals surface area contributed by atoms with Gasteiger partial charge in [0.15, 0.2) is 9.84 Å². The Morgan fingerprint density at radius 3 is 1.76 bits per heavy atom. The normalized spacial score (nSPS) is 11.7. The summed E-state index contributed by atoms with van der Waals surface area (Å²) in [6.45, 7) is 10.0. The predicted molar refractivity (Wildman–Crippen MR) is 87.5 cm³/mol. The summed E-state index contributed by atoms with van der Waals surface area (Å²) in [6, 6.07) is 9.19. The van der Waals surface area contributed by atoms with E-state index >= 15 is 0 Å². The highest BCUT2D eigenvalue weighted by atomic mass is 32.2. The average Bonchev–Trinajstić information content (AvgIpc) is 2.42. The smallest absolute Gasteiger partial charge is 0.182 e. The van der Waals surface area contributed by atoms with Gasteiger partial charge in [-0.1, -0.05) is 23.8 Å². The molecule has 0 aliphatic carbocycles. The molecule has 2 rings (SSSR count). The Morgan fingerprint density at radius 1 is 0.810 bits per heavy atom. The van der Waals surface area contributed by atoms with E-state index in [1.54, 1.807) is 12.1 Å². The molecule has 0 amide bonds. The van der Waals surface area contributed by atoms with Crippen molar-refractivity contribution in [2.45, 2.75) is 45.3 Å². The summed E-state index contributed by atoms with van der Waals surface area (Å²) >= 11 is 0. The lowest BCUT2D eigenvalue weighted by atomic mass is 9.95. The Kier molecular flexibility index (Phi) is 4.24. The molecule has 2 aromatic rings. The lowest BCUT2D eigenvalue weighted by Gasteiger charge is -2.15. The number of sulfone groups is 1. The van der Waals surface area contributed by atoms with E-state index < -0.39 is 9.84 Å². The monoisotopic (exact) mass is 302 g/mol. The molecule has 0 fully saturated rings. The largest absolute Gasteiger partial charge is 0.223 e. The van der Waals surface area contributed by atoms with Crippen LogP contribution in [0.2, 0.25) is 0 Å². The van der Waals surface area contributed by atoms with E-state index in [4.69, 9.17) is 0 Å². The zero-order valence-electron chi connectivity index (χ0n) is 13.3. The minimum Gasteiger partial charge on any atom is -0.223 e. The van der Waals surface area contributed by atoms with Gasteiger partial charge < -0.3 is 0 Å². The van der Waals surface area contributed by atoms with Gasteiger partial charge >= 0.3 is 0 Å². The van der Waals surface area contributed by atoms with E-state index in [1.807, 2.05) is 46.8 Å². The van der Waals surface area contributed by atoms with Crippen molar-refractivity contribution in [3.8, 4) is 0 Å². The highest BCUT2D eigenvalue weighted by molar-refractivity contribution is 7.90. The van der Waals surface area contributed by atoms with Crippen molar-refractivity contribution in [3.63, 3.8) is 0 Å². The molecule has 2 aromatic carbocycles. The summed E-state index contributed by atoms with van der Waals surface area (Å²) < 4.78 is 25.3. The van der Waals surface area contributed by atoms with Gasteiger partial charge in [0.05, 0.1) is 10.6 Å². The Bertz CT molecular complexity index is 744. The van der Waals surface area contributed by atoms with Crippen LogP contribution in [0.5, 0.6) is 0 Å². The highest BCUT2D eigenvalue weighted by Gasteiger charge is 2.19. The first-order chi connectivity index (χ1) is 9.72. The van der Waals surface area contributed by atoms with E-state index in [1.165, 1.54) is 0 Å². The first-order valence-electron chi connectivity index (χ1n) is 7.08. The van der Waals surface area contributed by atoms with E-state index in [2.05, 4.69) is 6.07 Å². The maximum Gasteiger partial charge on any atom is 0.182 e. The van der Waals surface area contributed by atoms with Crippen LogP contribution in [-0.4, -0.2) is 8.42 Å². The van der Waals surface area contributed by atoms with Crippen LogP contribution < -0.4 is 0 Å². The van der Waals surface area contributed by atoms with Gasteiger partial charge in [0.2, 0.25) is 0 Å². The maximum atomic E-state index is 12.6. The fourth-order valence-electron chi connectivity index (χ4n) is 2.53. The second-order valence-electron chi connectivity index (χ2n) is 5.81. The van der Waals surface area contributed by atoms with Gasteiger partial charge in [-0.05, 0) is 74.6 Å².